The van der Waals surface area contributed by atoms with Crippen molar-refractivity contribution in [2.75, 3.05) is 16.8 Å². The summed E-state index contributed by atoms with van der Waals surface area (Å²) >= 11 is 0. The number of hydrogen-bond acceptors (Lipinski definition) is 3. The molecular weight excluding hydrogens is 424 g/mol. The molecule has 1 aliphatic heterocycles. The van der Waals surface area contributed by atoms with Crippen LogP contribution in [0.5, 0.6) is 0 Å². The van der Waals surface area contributed by atoms with E-state index in [1.54, 1.807) is 9.13 Å². The molecule has 1 aliphatic rings. The lowest BCUT2D eigenvalue weighted by molar-refractivity contribution is -0.116. The lowest BCUT2D eigenvalue weighted by Crippen LogP contribution is -2.26. The quantitative estimate of drug-likeness (QED) is 0.416. The Morgan fingerprint density at radius 1 is 0.882 bits per heavy atom. The van der Waals surface area contributed by atoms with E-state index in [0.717, 1.165) is 48.2 Å². The normalized spacial score (nSPS) is 12.8. The van der Waals surface area contributed by atoms with E-state index < -0.39 is 0 Å². The number of nitrogens with one attached hydrogen (secondary N) is 1. The van der Waals surface area contributed by atoms with Crippen molar-refractivity contribution in [3.8, 4) is 0 Å². The topological polar surface area (TPSA) is 59.3 Å². The van der Waals surface area contributed by atoms with Crippen molar-refractivity contribution in [1.82, 2.24) is 9.13 Å². The number of fused-ring (bicyclic) bond motifs is 2. The minimum atomic E-state index is -0.0894. The predicted octanol–water partition coefficient (Wildman–Crippen LogP) is 4.80. The van der Waals surface area contributed by atoms with E-state index in [9.17, 15) is 9.59 Å². The van der Waals surface area contributed by atoms with Crippen LogP contribution in [0, 0.1) is 0 Å². The number of para-hydroxylation sites is 4. The number of imidazole rings is 1. The van der Waals surface area contributed by atoms with Crippen LogP contribution >= 0.6 is 0 Å². The molecule has 0 radical (unpaired) electrons. The van der Waals surface area contributed by atoms with Crippen LogP contribution in [-0.2, 0) is 30.8 Å². The second-order valence-electron chi connectivity index (χ2n) is 8.83. The van der Waals surface area contributed by atoms with Gasteiger partial charge in [0.2, 0.25) is 5.91 Å². The number of carbonyl (C=O) groups excluding carboxylic acids is 1. The smallest absolute Gasteiger partial charge is 0.329 e. The van der Waals surface area contributed by atoms with Crippen LogP contribution in [0.3, 0.4) is 0 Å². The third-order valence-electron chi connectivity index (χ3n) is 6.57. The number of carbonyl (C=O) groups is 1. The second-order valence-corrected chi connectivity index (χ2v) is 8.83. The van der Waals surface area contributed by atoms with Gasteiger partial charge in [-0.3, -0.25) is 13.9 Å². The molecule has 0 aliphatic carbocycles. The first kappa shape index (κ1) is 22.0. The van der Waals surface area contributed by atoms with Gasteiger partial charge >= 0.3 is 5.69 Å². The number of aryl methyl sites for hydroxylation is 2. The molecule has 0 unspecified atom stereocenters. The third-order valence-corrected chi connectivity index (χ3v) is 6.57. The fourth-order valence-corrected chi connectivity index (χ4v) is 4.91. The van der Waals surface area contributed by atoms with Crippen molar-refractivity contribution in [2.45, 2.75) is 45.8 Å². The number of nitrogens with zero attached hydrogens (tertiary/aromatic N) is 3. The van der Waals surface area contributed by atoms with Crippen molar-refractivity contribution in [3.63, 3.8) is 0 Å². The highest BCUT2D eigenvalue weighted by molar-refractivity contribution is 5.91. The Balaban J connectivity index is 1.30. The second kappa shape index (κ2) is 9.59. The maximum atomic E-state index is 13.0. The van der Waals surface area contributed by atoms with Crippen LogP contribution in [0.25, 0.3) is 11.0 Å². The standard InChI is InChI=1S/C28H30N4O2/c1-2-17-31-25-13-7-8-14-26(25)32(28(31)34)19-16-27(33)29-23-11-5-3-10-22(23)20-30-18-15-21-9-4-6-12-24(21)30/h3-14H,2,15-20H2,1H3,(H,29,33). The number of amides is 1. The molecule has 2 heterocycles. The average Bonchev–Trinajstić information content (AvgIpc) is 3.38. The van der Waals surface area contributed by atoms with Gasteiger partial charge in [-0.25, -0.2) is 4.79 Å². The van der Waals surface area contributed by atoms with Gasteiger partial charge in [0.15, 0.2) is 0 Å². The summed E-state index contributed by atoms with van der Waals surface area (Å²) in [5, 5.41) is 3.09. The van der Waals surface area contributed by atoms with Crippen molar-refractivity contribution < 1.29 is 4.79 Å². The molecule has 6 heteroatoms. The zero-order chi connectivity index (χ0) is 23.5. The first-order valence-electron chi connectivity index (χ1n) is 12.0. The molecule has 1 aromatic heterocycles. The summed E-state index contributed by atoms with van der Waals surface area (Å²) in [6.45, 7) is 4.81. The van der Waals surface area contributed by atoms with Crippen molar-refractivity contribution in [2.24, 2.45) is 0 Å². The third kappa shape index (κ3) is 4.23. The summed E-state index contributed by atoms with van der Waals surface area (Å²) in [6, 6.07) is 24.3. The van der Waals surface area contributed by atoms with Crippen molar-refractivity contribution >= 4 is 28.3 Å². The van der Waals surface area contributed by atoms with E-state index >= 15 is 0 Å². The Morgan fingerprint density at radius 2 is 1.56 bits per heavy atom. The van der Waals surface area contributed by atoms with Crippen LogP contribution in [0.15, 0.2) is 77.6 Å². The maximum absolute atomic E-state index is 13.0. The van der Waals surface area contributed by atoms with E-state index in [2.05, 4.69) is 47.5 Å². The number of anilines is 2. The molecule has 1 amide bonds. The zero-order valence-corrected chi connectivity index (χ0v) is 19.5. The molecule has 0 saturated heterocycles. The molecule has 3 aromatic carbocycles. The maximum Gasteiger partial charge on any atom is 0.329 e. The van der Waals surface area contributed by atoms with Gasteiger partial charge in [-0.1, -0.05) is 55.5 Å². The SMILES string of the molecule is CCCn1c(=O)n(CCC(=O)Nc2ccccc2CN2CCc3ccccc32)c2ccccc21. The molecule has 0 fully saturated rings. The zero-order valence-electron chi connectivity index (χ0n) is 19.5. The highest BCUT2D eigenvalue weighted by atomic mass is 16.2. The van der Waals surface area contributed by atoms with Gasteiger partial charge in [0.05, 0.1) is 11.0 Å². The molecule has 6 nitrogen and oxygen atoms in total. The van der Waals surface area contributed by atoms with Gasteiger partial charge in [-0.2, -0.15) is 0 Å². The van der Waals surface area contributed by atoms with Crippen LogP contribution in [0.1, 0.15) is 30.9 Å². The predicted molar refractivity (Wildman–Crippen MR) is 137 cm³/mol. The monoisotopic (exact) mass is 454 g/mol. The van der Waals surface area contributed by atoms with Crippen LogP contribution < -0.4 is 15.9 Å². The van der Waals surface area contributed by atoms with Gasteiger partial charge in [-0.15, -0.1) is 0 Å². The Bertz CT molecular complexity index is 1380. The summed E-state index contributed by atoms with van der Waals surface area (Å²) < 4.78 is 3.52. The minimum Gasteiger partial charge on any atom is -0.367 e. The summed E-state index contributed by atoms with van der Waals surface area (Å²) in [7, 11) is 0. The Labute approximate surface area is 199 Å². The van der Waals surface area contributed by atoms with Crippen LogP contribution in [-0.4, -0.2) is 21.6 Å². The van der Waals surface area contributed by atoms with Crippen LogP contribution in [0.4, 0.5) is 11.4 Å². The fourth-order valence-electron chi connectivity index (χ4n) is 4.91. The largest absolute Gasteiger partial charge is 0.367 e. The molecule has 0 spiro atoms. The number of rotatable bonds is 8. The van der Waals surface area contributed by atoms with Gasteiger partial charge < -0.3 is 10.2 Å². The van der Waals surface area contributed by atoms with Gasteiger partial charge in [-0.05, 0) is 48.2 Å². The van der Waals surface area contributed by atoms with E-state index in [1.807, 2.05) is 42.5 Å². The van der Waals surface area contributed by atoms with Crippen molar-refractivity contribution in [1.29, 1.82) is 0 Å². The lowest BCUT2D eigenvalue weighted by Gasteiger charge is -2.21. The fraction of sp³-hybridized carbons (Fsp3) is 0.286. The van der Waals surface area contributed by atoms with E-state index in [0.29, 0.717) is 13.1 Å². The number of aromatic nitrogens is 2. The van der Waals surface area contributed by atoms with Crippen LogP contribution in [0.2, 0.25) is 0 Å². The molecule has 0 saturated carbocycles. The Morgan fingerprint density at radius 3 is 2.35 bits per heavy atom. The molecule has 4 aromatic rings. The highest BCUT2D eigenvalue weighted by Gasteiger charge is 2.20. The first-order chi connectivity index (χ1) is 16.7. The molecule has 174 valence electrons. The molecule has 0 atom stereocenters. The van der Waals surface area contributed by atoms with Gasteiger partial charge in [0, 0.05) is 44.0 Å². The first-order valence-corrected chi connectivity index (χ1v) is 12.0. The molecular formula is C28H30N4O2. The van der Waals surface area contributed by atoms with E-state index in [1.165, 1.54) is 11.3 Å². The van der Waals surface area contributed by atoms with Gasteiger partial charge in [0.1, 0.15) is 0 Å². The Kier molecular flexibility index (Phi) is 6.21. The number of hydrogen-bond donors (Lipinski definition) is 1. The molecule has 1 N–H and O–H groups in total. The lowest BCUT2D eigenvalue weighted by atomic mass is 10.1. The average molecular weight is 455 g/mol. The summed E-state index contributed by atoms with van der Waals surface area (Å²) in [5.74, 6) is -0.0894. The highest BCUT2D eigenvalue weighted by Crippen LogP contribution is 2.30. The molecule has 0 bridgehead atoms. The molecule has 5 rings (SSSR count). The van der Waals surface area contributed by atoms with E-state index in [-0.39, 0.29) is 18.0 Å². The van der Waals surface area contributed by atoms with E-state index in [4.69, 9.17) is 0 Å². The molecule has 34 heavy (non-hydrogen) atoms. The van der Waals surface area contributed by atoms with Crippen molar-refractivity contribution in [3.05, 3.63) is 94.4 Å². The van der Waals surface area contributed by atoms with Gasteiger partial charge in [0.25, 0.3) is 0 Å². The number of benzene rings is 3. The summed E-state index contributed by atoms with van der Waals surface area (Å²) in [4.78, 5) is 28.3. The summed E-state index contributed by atoms with van der Waals surface area (Å²) in [6.07, 6.45) is 2.17. The summed E-state index contributed by atoms with van der Waals surface area (Å²) in [5.41, 5.74) is 6.31. The Hall–Kier alpha value is -3.80. The minimum absolute atomic E-state index is 0.0519.